The molecule has 0 saturated heterocycles. The summed E-state index contributed by atoms with van der Waals surface area (Å²) in [5, 5.41) is 16.4. The quantitative estimate of drug-likeness (QED) is 0.801. The van der Waals surface area contributed by atoms with Crippen molar-refractivity contribution in [3.05, 3.63) is 29.6 Å². The van der Waals surface area contributed by atoms with Crippen molar-refractivity contribution in [3.8, 4) is 6.07 Å². The number of benzene rings is 1. The zero-order valence-corrected chi connectivity index (χ0v) is 8.71. The van der Waals surface area contributed by atoms with Crippen LogP contribution in [0.15, 0.2) is 23.1 Å². The molecule has 1 aromatic carbocycles. The largest absolute Gasteiger partial charge is 0.480 e. The first-order chi connectivity index (χ1) is 7.04. The molecule has 5 heteroatoms. The van der Waals surface area contributed by atoms with Gasteiger partial charge in [-0.3, -0.25) is 4.79 Å². The van der Waals surface area contributed by atoms with Crippen molar-refractivity contribution in [2.45, 2.75) is 17.1 Å². The van der Waals surface area contributed by atoms with Gasteiger partial charge in [0.15, 0.2) is 0 Å². The lowest BCUT2D eigenvalue weighted by atomic mass is 10.2. The van der Waals surface area contributed by atoms with Crippen LogP contribution in [0.5, 0.6) is 0 Å². The van der Waals surface area contributed by atoms with Gasteiger partial charge in [-0.05, 0) is 25.1 Å². The number of aliphatic carboxylic acids is 1. The second-order valence-corrected chi connectivity index (χ2v) is 4.24. The summed E-state index contributed by atoms with van der Waals surface area (Å²) in [5.74, 6) is -1.56. The highest BCUT2D eigenvalue weighted by Gasteiger charge is 2.15. The molecule has 0 aliphatic rings. The summed E-state index contributed by atoms with van der Waals surface area (Å²) in [4.78, 5) is 10.8. The molecule has 1 unspecified atom stereocenters. The highest BCUT2D eigenvalue weighted by Crippen LogP contribution is 2.26. The molecule has 0 aliphatic heterocycles. The second-order valence-electron chi connectivity index (χ2n) is 2.86. The molecule has 0 aliphatic carbocycles. The van der Waals surface area contributed by atoms with E-state index in [1.807, 2.05) is 0 Å². The van der Waals surface area contributed by atoms with Gasteiger partial charge >= 0.3 is 5.97 Å². The minimum Gasteiger partial charge on any atom is -0.480 e. The fourth-order valence-corrected chi connectivity index (χ4v) is 1.71. The van der Waals surface area contributed by atoms with Crippen molar-refractivity contribution >= 4 is 17.7 Å². The van der Waals surface area contributed by atoms with Gasteiger partial charge in [-0.2, -0.15) is 5.26 Å². The first-order valence-corrected chi connectivity index (χ1v) is 5.01. The minimum absolute atomic E-state index is 0.222. The maximum absolute atomic E-state index is 13.3. The predicted octanol–water partition coefficient (Wildman–Crippen LogP) is 2.26. The van der Waals surface area contributed by atoms with Gasteiger partial charge in [0.25, 0.3) is 0 Å². The summed E-state index contributed by atoms with van der Waals surface area (Å²) >= 11 is 0.914. The maximum Gasteiger partial charge on any atom is 0.316 e. The summed E-state index contributed by atoms with van der Waals surface area (Å²) in [5.41, 5.74) is 0.222. The molecule has 0 aromatic heterocycles. The smallest absolute Gasteiger partial charge is 0.316 e. The Kier molecular flexibility index (Phi) is 3.69. The Bertz CT molecular complexity index is 428. The molecule has 1 N–H and O–H groups in total. The molecule has 1 aromatic rings. The van der Waals surface area contributed by atoms with Gasteiger partial charge in [0.1, 0.15) is 11.1 Å². The number of halogens is 1. The molecular formula is C10H8FNO2S. The van der Waals surface area contributed by atoms with Crippen LogP contribution in [0, 0.1) is 17.1 Å². The molecule has 0 bridgehead atoms. The van der Waals surface area contributed by atoms with E-state index >= 15 is 0 Å². The Hall–Kier alpha value is -1.54. The SMILES string of the molecule is CC(Sc1ccc(C#N)cc1F)C(=O)O. The Morgan fingerprint density at radius 2 is 2.33 bits per heavy atom. The average Bonchev–Trinajstić information content (AvgIpc) is 2.20. The Morgan fingerprint density at radius 1 is 1.67 bits per heavy atom. The van der Waals surface area contributed by atoms with Crippen LogP contribution < -0.4 is 0 Å². The van der Waals surface area contributed by atoms with E-state index in [1.165, 1.54) is 19.1 Å². The molecule has 1 rings (SSSR count). The number of hydrogen-bond donors (Lipinski definition) is 1. The average molecular weight is 225 g/mol. The Balaban J connectivity index is 2.88. The van der Waals surface area contributed by atoms with Gasteiger partial charge in [-0.1, -0.05) is 0 Å². The van der Waals surface area contributed by atoms with Crippen molar-refractivity contribution < 1.29 is 14.3 Å². The summed E-state index contributed by atoms with van der Waals surface area (Å²) in [6, 6.07) is 5.77. The van der Waals surface area contributed by atoms with Gasteiger partial charge in [0.2, 0.25) is 0 Å². The lowest BCUT2D eigenvalue weighted by Crippen LogP contribution is -2.11. The first kappa shape index (κ1) is 11.5. The number of nitriles is 1. The first-order valence-electron chi connectivity index (χ1n) is 4.13. The van der Waals surface area contributed by atoms with Crippen LogP contribution in [-0.4, -0.2) is 16.3 Å². The standard InChI is InChI=1S/C10H8FNO2S/c1-6(10(13)14)15-9-3-2-7(5-12)4-8(9)11/h2-4,6H,1H3,(H,13,14). The summed E-state index contributed by atoms with van der Waals surface area (Å²) < 4.78 is 13.3. The van der Waals surface area contributed by atoms with Gasteiger partial charge in [-0.15, -0.1) is 11.8 Å². The second kappa shape index (κ2) is 4.80. The molecule has 78 valence electrons. The third-order valence-electron chi connectivity index (χ3n) is 1.71. The zero-order chi connectivity index (χ0) is 11.4. The van der Waals surface area contributed by atoms with Crippen LogP contribution in [0.25, 0.3) is 0 Å². The van der Waals surface area contributed by atoms with Gasteiger partial charge in [-0.25, -0.2) is 4.39 Å². The van der Waals surface area contributed by atoms with Crippen molar-refractivity contribution in [1.82, 2.24) is 0 Å². The van der Waals surface area contributed by atoms with E-state index in [9.17, 15) is 9.18 Å². The van der Waals surface area contributed by atoms with E-state index < -0.39 is 17.0 Å². The fraction of sp³-hybridized carbons (Fsp3) is 0.200. The monoisotopic (exact) mass is 225 g/mol. The van der Waals surface area contributed by atoms with E-state index in [0.29, 0.717) is 0 Å². The van der Waals surface area contributed by atoms with Gasteiger partial charge in [0, 0.05) is 4.90 Å². The molecular weight excluding hydrogens is 217 g/mol. The van der Waals surface area contributed by atoms with Crippen LogP contribution in [0.3, 0.4) is 0 Å². The molecule has 3 nitrogen and oxygen atoms in total. The molecule has 0 amide bonds. The topological polar surface area (TPSA) is 61.1 Å². The Morgan fingerprint density at radius 3 is 2.80 bits per heavy atom. The summed E-state index contributed by atoms with van der Waals surface area (Å²) in [6.07, 6.45) is 0. The fourth-order valence-electron chi connectivity index (χ4n) is 0.907. The third kappa shape index (κ3) is 2.96. The number of hydrogen-bond acceptors (Lipinski definition) is 3. The Labute approximate surface area is 90.5 Å². The van der Waals surface area contributed by atoms with E-state index in [4.69, 9.17) is 10.4 Å². The highest BCUT2D eigenvalue weighted by molar-refractivity contribution is 8.00. The molecule has 15 heavy (non-hydrogen) atoms. The number of carboxylic acids is 1. The molecule has 0 heterocycles. The predicted molar refractivity (Wildman–Crippen MR) is 54.1 cm³/mol. The van der Waals surface area contributed by atoms with Crippen LogP contribution in [-0.2, 0) is 4.79 Å². The van der Waals surface area contributed by atoms with Gasteiger partial charge < -0.3 is 5.11 Å². The number of thioether (sulfide) groups is 1. The van der Waals surface area contributed by atoms with Gasteiger partial charge in [0.05, 0.1) is 11.6 Å². The van der Waals surface area contributed by atoms with Crippen molar-refractivity contribution in [1.29, 1.82) is 5.26 Å². The summed E-state index contributed by atoms with van der Waals surface area (Å²) in [7, 11) is 0. The summed E-state index contributed by atoms with van der Waals surface area (Å²) in [6.45, 7) is 1.48. The molecule has 0 radical (unpaired) electrons. The van der Waals surface area contributed by atoms with Crippen LogP contribution >= 0.6 is 11.8 Å². The molecule has 0 spiro atoms. The molecule has 1 atom stereocenters. The van der Waals surface area contributed by atoms with Crippen LogP contribution in [0.4, 0.5) is 4.39 Å². The van der Waals surface area contributed by atoms with Crippen LogP contribution in [0.2, 0.25) is 0 Å². The molecule has 0 saturated carbocycles. The number of nitrogens with zero attached hydrogens (tertiary/aromatic N) is 1. The normalized spacial score (nSPS) is 11.8. The van der Waals surface area contributed by atoms with Crippen molar-refractivity contribution in [2.24, 2.45) is 0 Å². The van der Waals surface area contributed by atoms with Crippen molar-refractivity contribution in [2.75, 3.05) is 0 Å². The number of carbonyl (C=O) groups is 1. The zero-order valence-electron chi connectivity index (χ0n) is 7.90. The van der Waals surface area contributed by atoms with E-state index in [-0.39, 0.29) is 10.5 Å². The lowest BCUT2D eigenvalue weighted by molar-refractivity contribution is -0.136. The third-order valence-corrected chi connectivity index (χ3v) is 2.85. The van der Waals surface area contributed by atoms with Crippen LogP contribution in [0.1, 0.15) is 12.5 Å². The lowest BCUT2D eigenvalue weighted by Gasteiger charge is -2.06. The maximum atomic E-state index is 13.3. The van der Waals surface area contributed by atoms with Crippen molar-refractivity contribution in [3.63, 3.8) is 0 Å². The van der Waals surface area contributed by atoms with E-state index in [1.54, 1.807) is 6.07 Å². The minimum atomic E-state index is -0.997. The van der Waals surface area contributed by atoms with E-state index in [2.05, 4.69) is 0 Å². The number of carboxylic acid groups (broad SMARTS) is 1. The number of rotatable bonds is 3. The highest BCUT2D eigenvalue weighted by atomic mass is 32.2. The molecule has 0 fully saturated rings. The van der Waals surface area contributed by atoms with E-state index in [0.717, 1.165) is 17.8 Å².